The predicted molar refractivity (Wildman–Crippen MR) is 52.9 cm³/mol. The topological polar surface area (TPSA) is 35.2 Å². The van der Waals surface area contributed by atoms with Gasteiger partial charge in [-0.15, -0.1) is 0 Å². The zero-order valence-corrected chi connectivity index (χ0v) is 8.52. The molecular formula is C11H13F2NO. The number of methoxy groups -OCH3 is 1. The average molecular weight is 213 g/mol. The second-order valence-electron chi connectivity index (χ2n) is 3.95. The van der Waals surface area contributed by atoms with Gasteiger partial charge in [-0.1, -0.05) is 0 Å². The number of benzene rings is 1. The highest BCUT2D eigenvalue weighted by atomic mass is 19.1. The first-order valence-corrected chi connectivity index (χ1v) is 4.86. The quantitative estimate of drug-likeness (QED) is 0.833. The van der Waals surface area contributed by atoms with Crippen molar-refractivity contribution in [1.82, 2.24) is 0 Å². The van der Waals surface area contributed by atoms with Gasteiger partial charge in [-0.25, -0.2) is 8.78 Å². The van der Waals surface area contributed by atoms with Crippen molar-refractivity contribution in [2.75, 3.05) is 13.7 Å². The van der Waals surface area contributed by atoms with Gasteiger partial charge in [-0.2, -0.15) is 0 Å². The molecule has 4 heteroatoms. The molecule has 2 N–H and O–H groups in total. The molecule has 0 aliphatic heterocycles. The molecule has 0 aromatic heterocycles. The fourth-order valence-electron chi connectivity index (χ4n) is 1.83. The van der Waals surface area contributed by atoms with E-state index in [9.17, 15) is 8.78 Å². The maximum absolute atomic E-state index is 13.5. The molecule has 82 valence electrons. The Kier molecular flexibility index (Phi) is 2.38. The first kappa shape index (κ1) is 10.4. The predicted octanol–water partition coefficient (Wildman–Crippen LogP) is 1.96. The fraction of sp³-hybridized carbons (Fsp3) is 0.455. The van der Waals surface area contributed by atoms with Crippen molar-refractivity contribution in [1.29, 1.82) is 0 Å². The van der Waals surface area contributed by atoms with Crippen molar-refractivity contribution in [2.45, 2.75) is 18.3 Å². The summed E-state index contributed by atoms with van der Waals surface area (Å²) < 4.78 is 31.5. The normalized spacial score (nSPS) is 17.6. The van der Waals surface area contributed by atoms with Crippen LogP contribution in [0.1, 0.15) is 18.4 Å². The van der Waals surface area contributed by atoms with Crippen LogP contribution in [0.4, 0.5) is 8.78 Å². The van der Waals surface area contributed by atoms with Gasteiger partial charge >= 0.3 is 0 Å². The number of ether oxygens (including phenoxy) is 1. The van der Waals surface area contributed by atoms with Crippen LogP contribution in [0.5, 0.6) is 5.75 Å². The molecule has 1 aliphatic rings. The van der Waals surface area contributed by atoms with E-state index in [0.29, 0.717) is 12.1 Å². The third-order valence-corrected chi connectivity index (χ3v) is 3.06. The van der Waals surface area contributed by atoms with E-state index in [-0.39, 0.29) is 11.2 Å². The third kappa shape index (κ3) is 1.59. The van der Waals surface area contributed by atoms with Crippen molar-refractivity contribution in [3.05, 3.63) is 29.3 Å². The van der Waals surface area contributed by atoms with Crippen LogP contribution in [0.15, 0.2) is 12.1 Å². The smallest absolute Gasteiger partial charge is 0.167 e. The number of hydrogen-bond donors (Lipinski definition) is 1. The van der Waals surface area contributed by atoms with Crippen LogP contribution < -0.4 is 10.5 Å². The van der Waals surface area contributed by atoms with E-state index < -0.39 is 11.6 Å². The van der Waals surface area contributed by atoms with E-state index in [2.05, 4.69) is 0 Å². The Morgan fingerprint density at radius 3 is 2.47 bits per heavy atom. The lowest BCUT2D eigenvalue weighted by Crippen LogP contribution is -2.21. The maximum atomic E-state index is 13.5. The van der Waals surface area contributed by atoms with Gasteiger partial charge < -0.3 is 10.5 Å². The molecule has 0 bridgehead atoms. The third-order valence-electron chi connectivity index (χ3n) is 3.06. The lowest BCUT2D eigenvalue weighted by Gasteiger charge is -2.15. The Bertz CT molecular complexity index is 388. The van der Waals surface area contributed by atoms with Gasteiger partial charge in [0.25, 0.3) is 0 Å². The monoisotopic (exact) mass is 213 g/mol. The zero-order chi connectivity index (χ0) is 11.1. The van der Waals surface area contributed by atoms with Crippen molar-refractivity contribution >= 4 is 0 Å². The summed E-state index contributed by atoms with van der Waals surface area (Å²) in [6, 6.07) is 2.29. The second-order valence-corrected chi connectivity index (χ2v) is 3.95. The summed E-state index contributed by atoms with van der Waals surface area (Å²) in [4.78, 5) is 0. The van der Waals surface area contributed by atoms with Gasteiger partial charge in [-0.3, -0.25) is 0 Å². The molecule has 0 amide bonds. The van der Waals surface area contributed by atoms with E-state index in [4.69, 9.17) is 10.5 Å². The lowest BCUT2D eigenvalue weighted by atomic mass is 9.95. The Morgan fingerprint density at radius 2 is 2.00 bits per heavy atom. The van der Waals surface area contributed by atoms with Crippen LogP contribution in [-0.2, 0) is 5.41 Å². The molecule has 1 aromatic rings. The Labute approximate surface area is 87.0 Å². The molecule has 1 saturated carbocycles. The zero-order valence-electron chi connectivity index (χ0n) is 8.52. The summed E-state index contributed by atoms with van der Waals surface area (Å²) >= 11 is 0. The standard InChI is InChI=1S/C11H13F2NO/c1-15-10-4-7(8(12)5-9(10)13)11(6-14)2-3-11/h4-5H,2-3,6,14H2,1H3. The largest absolute Gasteiger partial charge is 0.494 e. The highest BCUT2D eigenvalue weighted by Crippen LogP contribution is 2.49. The number of halogens is 2. The minimum absolute atomic E-state index is 0.0751. The number of rotatable bonds is 3. The highest BCUT2D eigenvalue weighted by Gasteiger charge is 2.45. The highest BCUT2D eigenvalue weighted by molar-refractivity contribution is 5.40. The first-order chi connectivity index (χ1) is 7.13. The summed E-state index contributed by atoms with van der Waals surface area (Å²) in [5.41, 5.74) is 5.79. The molecule has 0 unspecified atom stereocenters. The minimum Gasteiger partial charge on any atom is -0.494 e. The summed E-state index contributed by atoms with van der Waals surface area (Å²) in [6.07, 6.45) is 1.71. The van der Waals surface area contributed by atoms with Crippen LogP contribution in [0, 0.1) is 11.6 Å². The van der Waals surface area contributed by atoms with Gasteiger partial charge in [0, 0.05) is 18.0 Å². The molecule has 0 spiro atoms. The summed E-state index contributed by atoms with van der Waals surface area (Å²) in [5, 5.41) is 0. The molecule has 1 aliphatic carbocycles. The molecule has 0 radical (unpaired) electrons. The Hall–Kier alpha value is -1.16. The van der Waals surface area contributed by atoms with Crippen LogP contribution in [0.25, 0.3) is 0 Å². The van der Waals surface area contributed by atoms with E-state index in [0.717, 1.165) is 18.9 Å². The van der Waals surface area contributed by atoms with Crippen LogP contribution in [-0.4, -0.2) is 13.7 Å². The minimum atomic E-state index is -0.674. The molecule has 2 nitrogen and oxygen atoms in total. The Balaban J connectivity index is 2.47. The van der Waals surface area contributed by atoms with E-state index in [1.807, 2.05) is 0 Å². The van der Waals surface area contributed by atoms with Crippen molar-refractivity contribution in [3.8, 4) is 5.75 Å². The SMILES string of the molecule is COc1cc(C2(CN)CC2)c(F)cc1F. The first-order valence-electron chi connectivity index (χ1n) is 4.86. The van der Waals surface area contributed by atoms with Crippen molar-refractivity contribution in [2.24, 2.45) is 5.73 Å². The molecular weight excluding hydrogens is 200 g/mol. The lowest BCUT2D eigenvalue weighted by molar-refractivity contribution is 0.381. The van der Waals surface area contributed by atoms with Crippen LogP contribution in [0.3, 0.4) is 0 Å². The average Bonchev–Trinajstić information content (AvgIpc) is 2.99. The van der Waals surface area contributed by atoms with Crippen molar-refractivity contribution in [3.63, 3.8) is 0 Å². The van der Waals surface area contributed by atoms with Gasteiger partial charge in [0.1, 0.15) is 5.82 Å². The maximum Gasteiger partial charge on any atom is 0.167 e. The summed E-state index contributed by atoms with van der Waals surface area (Å²) in [6.45, 7) is 0.388. The molecule has 1 aromatic carbocycles. The molecule has 1 fully saturated rings. The van der Waals surface area contributed by atoms with Crippen LogP contribution >= 0.6 is 0 Å². The van der Waals surface area contributed by atoms with Gasteiger partial charge in [-0.05, 0) is 24.5 Å². The molecule has 2 rings (SSSR count). The molecule has 0 heterocycles. The summed E-state index contributed by atoms with van der Waals surface area (Å²) in [5.74, 6) is -1.13. The molecule has 15 heavy (non-hydrogen) atoms. The van der Waals surface area contributed by atoms with Crippen LogP contribution in [0.2, 0.25) is 0 Å². The van der Waals surface area contributed by atoms with Gasteiger partial charge in [0.15, 0.2) is 11.6 Å². The number of hydrogen-bond acceptors (Lipinski definition) is 2. The number of nitrogens with two attached hydrogens (primary N) is 1. The molecule has 0 atom stereocenters. The van der Waals surface area contributed by atoms with E-state index in [1.54, 1.807) is 0 Å². The second kappa shape index (κ2) is 3.45. The summed E-state index contributed by atoms with van der Waals surface area (Å²) in [7, 11) is 1.36. The fourth-order valence-corrected chi connectivity index (χ4v) is 1.83. The van der Waals surface area contributed by atoms with Gasteiger partial charge in [0.2, 0.25) is 0 Å². The van der Waals surface area contributed by atoms with E-state index in [1.165, 1.54) is 13.2 Å². The van der Waals surface area contributed by atoms with Crippen molar-refractivity contribution < 1.29 is 13.5 Å². The molecule has 0 saturated heterocycles. The Morgan fingerprint density at radius 1 is 1.33 bits per heavy atom. The van der Waals surface area contributed by atoms with E-state index >= 15 is 0 Å². The van der Waals surface area contributed by atoms with Gasteiger partial charge in [0.05, 0.1) is 7.11 Å².